The van der Waals surface area contributed by atoms with Crippen LogP contribution in [-0.4, -0.2) is 56.4 Å². The van der Waals surface area contributed by atoms with E-state index in [4.69, 9.17) is 4.74 Å². The summed E-state index contributed by atoms with van der Waals surface area (Å²) < 4.78 is 31.7. The fourth-order valence-electron chi connectivity index (χ4n) is 2.61. The molecule has 1 saturated heterocycles. The average Bonchev–Trinajstić information content (AvgIpc) is 3.17. The maximum Gasteiger partial charge on any atom is 0.321 e. The fraction of sp³-hybridized carbons (Fsp3) is 0.562. The number of hydrogen-bond acceptors (Lipinski definition) is 7. The van der Waals surface area contributed by atoms with Crippen molar-refractivity contribution >= 4 is 39.3 Å². The van der Waals surface area contributed by atoms with Crippen LogP contribution < -0.4 is 10.6 Å². The summed E-state index contributed by atoms with van der Waals surface area (Å²) in [5.74, 6) is -1.77. The van der Waals surface area contributed by atoms with Gasteiger partial charge in [0.1, 0.15) is 4.21 Å². The molecule has 11 heteroatoms. The SMILES string of the molecule is CCNC(=O)NC(=O)C(C)OC(=O)C1CCN(S(=O)(=O)c2cccs2)CC1. The first-order chi connectivity index (χ1) is 12.8. The predicted molar refractivity (Wildman–Crippen MR) is 98.6 cm³/mol. The average molecular weight is 418 g/mol. The second-order valence-electron chi connectivity index (χ2n) is 6.04. The number of ether oxygens (including phenoxy) is 1. The van der Waals surface area contributed by atoms with Crippen molar-refractivity contribution in [2.75, 3.05) is 19.6 Å². The third kappa shape index (κ3) is 5.50. The molecule has 1 atom stereocenters. The van der Waals surface area contributed by atoms with Gasteiger partial charge in [0.2, 0.25) is 0 Å². The lowest BCUT2D eigenvalue weighted by atomic mass is 9.98. The Morgan fingerprint density at radius 2 is 2.00 bits per heavy atom. The molecule has 1 unspecified atom stereocenters. The molecule has 1 aromatic heterocycles. The van der Waals surface area contributed by atoms with E-state index in [1.54, 1.807) is 24.4 Å². The van der Waals surface area contributed by atoms with Crippen LogP contribution in [0, 0.1) is 5.92 Å². The van der Waals surface area contributed by atoms with Gasteiger partial charge in [-0.1, -0.05) is 6.07 Å². The van der Waals surface area contributed by atoms with Gasteiger partial charge < -0.3 is 10.1 Å². The largest absolute Gasteiger partial charge is 0.452 e. The second kappa shape index (κ2) is 9.29. The number of imide groups is 1. The second-order valence-corrected chi connectivity index (χ2v) is 9.15. The highest BCUT2D eigenvalue weighted by Gasteiger charge is 2.34. The molecule has 27 heavy (non-hydrogen) atoms. The number of sulfonamides is 1. The van der Waals surface area contributed by atoms with Gasteiger partial charge in [-0.05, 0) is 38.1 Å². The van der Waals surface area contributed by atoms with Crippen LogP contribution in [0.15, 0.2) is 21.7 Å². The summed E-state index contributed by atoms with van der Waals surface area (Å²) in [4.78, 5) is 35.4. The molecular formula is C16H23N3O6S2. The monoisotopic (exact) mass is 417 g/mol. The Balaban J connectivity index is 1.84. The smallest absolute Gasteiger partial charge is 0.321 e. The number of hydrogen-bond donors (Lipinski definition) is 2. The molecule has 1 aliphatic heterocycles. The van der Waals surface area contributed by atoms with Crippen LogP contribution in [0.25, 0.3) is 0 Å². The lowest BCUT2D eigenvalue weighted by Gasteiger charge is -2.30. The van der Waals surface area contributed by atoms with Crippen molar-refractivity contribution in [1.82, 2.24) is 14.9 Å². The fourth-order valence-corrected chi connectivity index (χ4v) is 5.23. The van der Waals surface area contributed by atoms with Crippen molar-refractivity contribution in [3.63, 3.8) is 0 Å². The van der Waals surface area contributed by atoms with Crippen LogP contribution in [-0.2, 0) is 24.3 Å². The Labute approximate surface area is 162 Å². The quantitative estimate of drug-likeness (QED) is 0.664. The third-order valence-electron chi connectivity index (χ3n) is 4.11. The Morgan fingerprint density at radius 3 is 2.56 bits per heavy atom. The molecule has 0 spiro atoms. The molecule has 0 bridgehead atoms. The molecule has 2 heterocycles. The maximum absolute atomic E-state index is 12.5. The van der Waals surface area contributed by atoms with Crippen molar-refractivity contribution in [1.29, 1.82) is 0 Å². The van der Waals surface area contributed by atoms with Crippen LogP contribution in [0.5, 0.6) is 0 Å². The molecule has 150 valence electrons. The zero-order valence-corrected chi connectivity index (χ0v) is 16.8. The summed E-state index contributed by atoms with van der Waals surface area (Å²) in [6.07, 6.45) is -0.490. The summed E-state index contributed by atoms with van der Waals surface area (Å²) >= 11 is 1.15. The molecule has 1 fully saturated rings. The summed E-state index contributed by atoms with van der Waals surface area (Å²) in [6, 6.07) is 2.57. The van der Waals surface area contributed by atoms with Crippen molar-refractivity contribution < 1.29 is 27.5 Å². The molecule has 0 saturated carbocycles. The number of rotatable bonds is 6. The number of esters is 1. The highest BCUT2D eigenvalue weighted by Crippen LogP contribution is 2.27. The van der Waals surface area contributed by atoms with Crippen LogP contribution in [0.3, 0.4) is 0 Å². The van der Waals surface area contributed by atoms with E-state index in [-0.39, 0.29) is 17.3 Å². The molecule has 0 radical (unpaired) electrons. The van der Waals surface area contributed by atoms with E-state index in [2.05, 4.69) is 10.6 Å². The van der Waals surface area contributed by atoms with E-state index in [0.29, 0.717) is 19.4 Å². The maximum atomic E-state index is 12.5. The minimum absolute atomic E-state index is 0.208. The molecule has 3 amide bonds. The number of carbonyl (C=O) groups is 3. The molecule has 1 aromatic rings. The molecule has 9 nitrogen and oxygen atoms in total. The van der Waals surface area contributed by atoms with Gasteiger partial charge in [0, 0.05) is 19.6 Å². The first-order valence-corrected chi connectivity index (χ1v) is 10.9. The Bertz CT molecular complexity index is 770. The Kier molecular flexibility index (Phi) is 7.33. The summed E-state index contributed by atoms with van der Waals surface area (Å²) in [7, 11) is -3.53. The van der Waals surface area contributed by atoms with Crippen molar-refractivity contribution in [2.24, 2.45) is 5.92 Å². The van der Waals surface area contributed by atoms with E-state index in [1.807, 2.05) is 0 Å². The van der Waals surface area contributed by atoms with Gasteiger partial charge >= 0.3 is 12.0 Å². The molecule has 2 N–H and O–H groups in total. The summed E-state index contributed by atoms with van der Waals surface area (Å²) in [6.45, 7) is 3.86. The standard InChI is InChI=1S/C16H23N3O6S2/c1-3-17-16(22)18-14(20)11(2)25-15(21)12-6-8-19(9-7-12)27(23,24)13-5-4-10-26-13/h4-5,10-12H,3,6-9H2,1-2H3,(H2,17,18,20,22). The first-order valence-electron chi connectivity index (χ1n) is 8.58. The van der Waals surface area contributed by atoms with Crippen LogP contribution in [0.2, 0.25) is 0 Å². The van der Waals surface area contributed by atoms with E-state index in [9.17, 15) is 22.8 Å². The van der Waals surface area contributed by atoms with Gasteiger partial charge in [0.15, 0.2) is 6.10 Å². The summed E-state index contributed by atoms with van der Waals surface area (Å²) in [5.41, 5.74) is 0. The van der Waals surface area contributed by atoms with Crippen LogP contribution in [0.1, 0.15) is 26.7 Å². The third-order valence-corrected chi connectivity index (χ3v) is 7.38. The van der Waals surface area contributed by atoms with Crippen molar-refractivity contribution in [3.8, 4) is 0 Å². The van der Waals surface area contributed by atoms with Gasteiger partial charge in [0.25, 0.3) is 15.9 Å². The topological polar surface area (TPSA) is 122 Å². The predicted octanol–water partition coefficient (Wildman–Crippen LogP) is 0.926. The molecular weight excluding hydrogens is 394 g/mol. The van der Waals surface area contributed by atoms with E-state index in [0.717, 1.165) is 11.3 Å². The number of piperidine rings is 1. The van der Waals surface area contributed by atoms with Gasteiger partial charge in [-0.3, -0.25) is 14.9 Å². The van der Waals surface area contributed by atoms with Crippen LogP contribution in [0.4, 0.5) is 4.79 Å². The van der Waals surface area contributed by atoms with Gasteiger partial charge in [-0.15, -0.1) is 11.3 Å². The minimum Gasteiger partial charge on any atom is -0.452 e. The molecule has 0 aliphatic carbocycles. The number of thiophene rings is 1. The Morgan fingerprint density at radius 1 is 1.33 bits per heavy atom. The van der Waals surface area contributed by atoms with E-state index in [1.165, 1.54) is 11.2 Å². The van der Waals surface area contributed by atoms with Crippen LogP contribution >= 0.6 is 11.3 Å². The highest BCUT2D eigenvalue weighted by molar-refractivity contribution is 7.91. The molecule has 0 aromatic carbocycles. The lowest BCUT2D eigenvalue weighted by Crippen LogP contribution is -2.46. The van der Waals surface area contributed by atoms with Gasteiger partial charge in [-0.2, -0.15) is 4.31 Å². The van der Waals surface area contributed by atoms with E-state index < -0.39 is 40.0 Å². The lowest BCUT2D eigenvalue weighted by molar-refractivity contribution is -0.159. The van der Waals surface area contributed by atoms with Gasteiger partial charge in [0.05, 0.1) is 5.92 Å². The zero-order valence-electron chi connectivity index (χ0n) is 15.1. The highest BCUT2D eigenvalue weighted by atomic mass is 32.2. The number of nitrogens with zero attached hydrogens (tertiary/aromatic N) is 1. The normalized spacial score (nSPS) is 17.1. The number of carbonyl (C=O) groups excluding carboxylic acids is 3. The number of amides is 3. The zero-order chi connectivity index (χ0) is 20.0. The number of nitrogens with one attached hydrogen (secondary N) is 2. The summed E-state index contributed by atoms with van der Waals surface area (Å²) in [5, 5.41) is 6.18. The Hall–Kier alpha value is -1.98. The number of urea groups is 1. The van der Waals surface area contributed by atoms with Crippen molar-refractivity contribution in [3.05, 3.63) is 17.5 Å². The van der Waals surface area contributed by atoms with E-state index >= 15 is 0 Å². The van der Waals surface area contributed by atoms with Crippen molar-refractivity contribution in [2.45, 2.75) is 37.0 Å². The first kappa shape index (κ1) is 21.3. The van der Waals surface area contributed by atoms with Gasteiger partial charge in [-0.25, -0.2) is 13.2 Å². The minimum atomic E-state index is -3.53. The molecule has 1 aliphatic rings. The molecule has 2 rings (SSSR count).